The van der Waals surface area contributed by atoms with E-state index in [0.29, 0.717) is 0 Å². The molecule has 0 unspecified atom stereocenters. The largest absolute Gasteiger partial charge is 0.412 e. The van der Waals surface area contributed by atoms with E-state index in [1.807, 2.05) is 0 Å². The summed E-state index contributed by atoms with van der Waals surface area (Å²) in [6, 6.07) is 0. The number of quaternary nitrogens is 1. The molecule has 0 fully saturated rings. The molecule has 0 aliphatic heterocycles. The standard InChI is InChI=1S/C6H13NO.H2O/c1-4-7(5-2)8-6-3;/h6H,3-5H2,1-2H3;1H2/p+1. The van der Waals surface area contributed by atoms with Gasteiger partial charge in [-0.3, -0.25) is 0 Å². The third kappa shape index (κ3) is 5.33. The van der Waals surface area contributed by atoms with Crippen LogP contribution in [0.3, 0.4) is 0 Å². The summed E-state index contributed by atoms with van der Waals surface area (Å²) in [5, 5.41) is 1.10. The van der Waals surface area contributed by atoms with Crippen LogP contribution >= 0.6 is 0 Å². The van der Waals surface area contributed by atoms with Gasteiger partial charge in [-0.15, -0.1) is 5.06 Å². The highest BCUT2D eigenvalue weighted by molar-refractivity contribution is 4.41. The van der Waals surface area contributed by atoms with Crippen LogP contribution in [0, 0.1) is 0 Å². The predicted octanol–water partition coefficient (Wildman–Crippen LogP) is -0.839. The van der Waals surface area contributed by atoms with Crippen LogP contribution in [-0.4, -0.2) is 18.6 Å². The van der Waals surface area contributed by atoms with Crippen LogP contribution in [0.2, 0.25) is 0 Å². The molecule has 9 heavy (non-hydrogen) atoms. The predicted molar refractivity (Wildman–Crippen MR) is 36.9 cm³/mol. The van der Waals surface area contributed by atoms with Gasteiger partial charge in [0.1, 0.15) is 19.4 Å². The highest BCUT2D eigenvalue weighted by atomic mass is 16.7. The zero-order valence-corrected chi connectivity index (χ0v) is 6.11. The van der Waals surface area contributed by atoms with Crippen molar-refractivity contribution in [2.45, 2.75) is 13.8 Å². The van der Waals surface area contributed by atoms with Gasteiger partial charge in [0.05, 0.1) is 0 Å². The van der Waals surface area contributed by atoms with E-state index in [0.717, 1.165) is 18.2 Å². The SMILES string of the molecule is C=CO[NH+](CC)CC.O. The number of hydrogen-bond acceptors (Lipinski definition) is 1. The van der Waals surface area contributed by atoms with Crippen molar-refractivity contribution in [1.82, 2.24) is 0 Å². The summed E-state index contributed by atoms with van der Waals surface area (Å²) in [7, 11) is 0. The molecular weight excluding hydrogens is 118 g/mol. The smallest absolute Gasteiger partial charge is 0.147 e. The lowest BCUT2D eigenvalue weighted by molar-refractivity contribution is -1.08. The molecule has 0 aliphatic carbocycles. The Morgan fingerprint density at radius 3 is 2.00 bits per heavy atom. The molecule has 3 N–H and O–H groups in total. The summed E-state index contributed by atoms with van der Waals surface area (Å²) in [5.41, 5.74) is 0. The Balaban J connectivity index is 0. The maximum Gasteiger partial charge on any atom is 0.147 e. The number of nitrogens with one attached hydrogen (secondary N) is 1. The maximum absolute atomic E-state index is 5.02. The van der Waals surface area contributed by atoms with Crippen molar-refractivity contribution in [2.24, 2.45) is 0 Å². The van der Waals surface area contributed by atoms with Crippen LogP contribution in [0.4, 0.5) is 0 Å². The fourth-order valence-electron chi connectivity index (χ4n) is 0.535. The Morgan fingerprint density at radius 1 is 1.44 bits per heavy atom. The number of rotatable bonds is 4. The van der Waals surface area contributed by atoms with Crippen LogP contribution < -0.4 is 5.06 Å². The monoisotopic (exact) mass is 134 g/mol. The Morgan fingerprint density at radius 2 is 1.89 bits per heavy atom. The Labute approximate surface area is 56.2 Å². The molecule has 0 saturated carbocycles. The van der Waals surface area contributed by atoms with Crippen LogP contribution in [0.15, 0.2) is 12.8 Å². The van der Waals surface area contributed by atoms with Crippen LogP contribution in [-0.2, 0) is 4.84 Å². The molecule has 0 amide bonds. The van der Waals surface area contributed by atoms with E-state index >= 15 is 0 Å². The second kappa shape index (κ2) is 7.46. The van der Waals surface area contributed by atoms with Crippen molar-refractivity contribution >= 4 is 0 Å². The summed E-state index contributed by atoms with van der Waals surface area (Å²) < 4.78 is 0. The first-order valence-electron chi connectivity index (χ1n) is 2.97. The second-order valence-corrected chi connectivity index (χ2v) is 1.53. The summed E-state index contributed by atoms with van der Waals surface area (Å²) in [6.07, 6.45) is 1.47. The van der Waals surface area contributed by atoms with Gasteiger partial charge >= 0.3 is 0 Å². The summed E-state index contributed by atoms with van der Waals surface area (Å²) in [6.45, 7) is 9.57. The zero-order chi connectivity index (χ0) is 6.41. The van der Waals surface area contributed by atoms with Crippen molar-refractivity contribution < 1.29 is 15.4 Å². The first kappa shape index (κ1) is 11.3. The van der Waals surface area contributed by atoms with E-state index in [1.54, 1.807) is 0 Å². The average Bonchev–Trinajstić information content (AvgIpc) is 1.83. The lowest BCUT2D eigenvalue weighted by atomic mass is 10.6. The van der Waals surface area contributed by atoms with Crippen LogP contribution in [0.25, 0.3) is 0 Å². The molecule has 0 aromatic carbocycles. The summed E-state index contributed by atoms with van der Waals surface area (Å²) in [5.74, 6) is 0. The normalized spacial score (nSPS) is 8.33. The molecule has 0 aromatic rings. The topological polar surface area (TPSA) is 45.2 Å². The van der Waals surface area contributed by atoms with Gasteiger partial charge in [0.15, 0.2) is 0 Å². The van der Waals surface area contributed by atoms with E-state index in [1.165, 1.54) is 6.26 Å². The second-order valence-electron chi connectivity index (χ2n) is 1.53. The van der Waals surface area contributed by atoms with Crippen molar-refractivity contribution in [3.8, 4) is 0 Å². The van der Waals surface area contributed by atoms with Gasteiger partial charge in [0, 0.05) is 0 Å². The number of hydroxylamine groups is 2. The highest BCUT2D eigenvalue weighted by Crippen LogP contribution is 1.55. The molecule has 0 bridgehead atoms. The van der Waals surface area contributed by atoms with Gasteiger partial charge in [0.25, 0.3) is 0 Å². The minimum Gasteiger partial charge on any atom is -0.412 e. The molecule has 0 radical (unpaired) electrons. The van der Waals surface area contributed by atoms with E-state index in [-0.39, 0.29) is 5.48 Å². The molecule has 0 aromatic heterocycles. The van der Waals surface area contributed by atoms with E-state index in [4.69, 9.17) is 4.84 Å². The van der Waals surface area contributed by atoms with Gasteiger partial charge in [-0.25, -0.2) is 0 Å². The van der Waals surface area contributed by atoms with Gasteiger partial charge in [-0.2, -0.15) is 0 Å². The molecular formula is C6H16NO2+. The third-order valence-corrected chi connectivity index (χ3v) is 1.04. The minimum atomic E-state index is 0. The molecule has 56 valence electrons. The lowest BCUT2D eigenvalue weighted by Gasteiger charge is -2.09. The van der Waals surface area contributed by atoms with Crippen LogP contribution in [0.5, 0.6) is 0 Å². The fraction of sp³-hybridized carbons (Fsp3) is 0.667. The minimum absolute atomic E-state index is 0. The van der Waals surface area contributed by atoms with Crippen LogP contribution in [0.1, 0.15) is 13.8 Å². The molecule has 0 rings (SSSR count). The van der Waals surface area contributed by atoms with Gasteiger partial charge in [-0.05, 0) is 13.8 Å². The van der Waals surface area contributed by atoms with E-state index < -0.39 is 0 Å². The molecule has 3 nitrogen and oxygen atoms in total. The first-order valence-corrected chi connectivity index (χ1v) is 2.97. The Hall–Kier alpha value is -0.540. The van der Waals surface area contributed by atoms with Crippen molar-refractivity contribution in [3.05, 3.63) is 12.8 Å². The highest BCUT2D eigenvalue weighted by Gasteiger charge is 1.96. The van der Waals surface area contributed by atoms with Gasteiger partial charge in [0.2, 0.25) is 0 Å². The van der Waals surface area contributed by atoms with E-state index in [2.05, 4.69) is 20.4 Å². The Kier molecular flexibility index (Phi) is 9.35. The van der Waals surface area contributed by atoms with Crippen molar-refractivity contribution in [3.63, 3.8) is 0 Å². The Bertz CT molecular complexity index is 62.1. The summed E-state index contributed by atoms with van der Waals surface area (Å²) >= 11 is 0. The van der Waals surface area contributed by atoms with Gasteiger partial charge in [-0.1, -0.05) is 6.58 Å². The quantitative estimate of drug-likeness (QED) is 0.395. The molecule has 3 heteroatoms. The third-order valence-electron chi connectivity index (χ3n) is 1.04. The average molecular weight is 134 g/mol. The zero-order valence-electron chi connectivity index (χ0n) is 6.11. The molecule has 0 atom stereocenters. The molecule has 0 saturated heterocycles. The van der Waals surface area contributed by atoms with E-state index in [9.17, 15) is 0 Å². The van der Waals surface area contributed by atoms with Gasteiger partial charge < -0.3 is 10.3 Å². The first-order chi connectivity index (χ1) is 3.85. The molecule has 0 aliphatic rings. The summed E-state index contributed by atoms with van der Waals surface area (Å²) in [4.78, 5) is 5.02. The van der Waals surface area contributed by atoms with Crippen molar-refractivity contribution in [2.75, 3.05) is 13.1 Å². The molecule has 0 heterocycles. The lowest BCUT2D eigenvalue weighted by Crippen LogP contribution is -3.09. The fourth-order valence-corrected chi connectivity index (χ4v) is 0.535. The van der Waals surface area contributed by atoms with Crippen molar-refractivity contribution in [1.29, 1.82) is 0 Å². The maximum atomic E-state index is 5.02. The molecule has 0 spiro atoms. The number of hydrogen-bond donors (Lipinski definition) is 1.